The summed E-state index contributed by atoms with van der Waals surface area (Å²) in [6.45, 7) is 4.03. The first-order chi connectivity index (χ1) is 10.6. The van der Waals surface area contributed by atoms with Gasteiger partial charge in [-0.15, -0.1) is 0 Å². The number of hydrogen-bond donors (Lipinski definition) is 1. The van der Waals surface area contributed by atoms with Crippen LogP contribution in [0.5, 0.6) is 5.75 Å². The molecule has 22 heavy (non-hydrogen) atoms. The van der Waals surface area contributed by atoms with Crippen LogP contribution in [0, 0.1) is 13.8 Å². The molecule has 1 N–H and O–H groups in total. The lowest BCUT2D eigenvalue weighted by atomic mass is 10.0. The number of aromatic nitrogens is 1. The van der Waals surface area contributed by atoms with E-state index in [1.54, 1.807) is 18.2 Å². The van der Waals surface area contributed by atoms with Crippen LogP contribution in [0.2, 0.25) is 0 Å². The highest BCUT2D eigenvalue weighted by molar-refractivity contribution is 6.05. The number of benzene rings is 2. The highest BCUT2D eigenvalue weighted by Gasteiger charge is 2.14. The average Bonchev–Trinajstić information content (AvgIpc) is 2.83. The van der Waals surface area contributed by atoms with Crippen molar-refractivity contribution in [3.63, 3.8) is 0 Å². The van der Waals surface area contributed by atoms with E-state index >= 15 is 0 Å². The highest BCUT2D eigenvalue weighted by atomic mass is 16.5. The molecule has 0 saturated heterocycles. The summed E-state index contributed by atoms with van der Waals surface area (Å²) in [5.41, 5.74) is 1.97. The lowest BCUT2D eigenvalue weighted by molar-refractivity contribution is 0.0699. The molecule has 3 rings (SSSR count). The van der Waals surface area contributed by atoms with Gasteiger partial charge in [-0.2, -0.15) is 0 Å². The Balaban J connectivity index is 1.98. The maximum absolute atomic E-state index is 11.3. The van der Waals surface area contributed by atoms with Gasteiger partial charge in [0.1, 0.15) is 18.1 Å². The molecule has 1 heterocycles. The number of carboxylic acid groups (broad SMARTS) is 1. The van der Waals surface area contributed by atoms with E-state index in [-0.39, 0.29) is 5.56 Å². The molecule has 0 fully saturated rings. The minimum atomic E-state index is -0.950. The molecule has 0 saturated carbocycles. The van der Waals surface area contributed by atoms with Crippen LogP contribution in [-0.2, 0) is 6.61 Å². The Kier molecular flexibility index (Phi) is 3.55. The van der Waals surface area contributed by atoms with Crippen molar-refractivity contribution >= 4 is 16.7 Å². The van der Waals surface area contributed by atoms with Gasteiger partial charge in [0.2, 0.25) is 0 Å². The number of carboxylic acids is 1. The number of ether oxygens (including phenoxy) is 1. The minimum absolute atomic E-state index is 0.264. The van der Waals surface area contributed by atoms with Gasteiger partial charge in [-0.05, 0) is 31.4 Å². The van der Waals surface area contributed by atoms with Gasteiger partial charge in [-0.3, -0.25) is 0 Å². The molecule has 5 heteroatoms. The molecule has 112 valence electrons. The maximum Gasteiger partial charge on any atom is 0.336 e. The molecule has 0 aliphatic carbocycles. The maximum atomic E-state index is 11.3. The summed E-state index contributed by atoms with van der Waals surface area (Å²) in [6.07, 6.45) is 0. The zero-order valence-corrected chi connectivity index (χ0v) is 12.3. The number of fused-ring (bicyclic) bond motifs is 1. The van der Waals surface area contributed by atoms with Gasteiger partial charge < -0.3 is 14.4 Å². The topological polar surface area (TPSA) is 72.6 Å². The Morgan fingerprint density at radius 3 is 2.55 bits per heavy atom. The van der Waals surface area contributed by atoms with Crippen molar-refractivity contribution < 1.29 is 19.2 Å². The zero-order valence-electron chi connectivity index (χ0n) is 12.3. The molecule has 0 radical (unpaired) electrons. The largest absolute Gasteiger partial charge is 0.488 e. The molecule has 5 nitrogen and oxygen atoms in total. The zero-order chi connectivity index (χ0) is 15.7. The summed E-state index contributed by atoms with van der Waals surface area (Å²) < 4.78 is 11.0. The van der Waals surface area contributed by atoms with Crippen LogP contribution in [0.1, 0.15) is 27.4 Å². The molecule has 1 aromatic heterocycles. The van der Waals surface area contributed by atoms with Crippen LogP contribution < -0.4 is 4.74 Å². The normalized spacial score (nSPS) is 10.8. The van der Waals surface area contributed by atoms with Gasteiger partial charge in [0.25, 0.3) is 0 Å². The second kappa shape index (κ2) is 5.52. The molecule has 0 aliphatic heterocycles. The number of nitrogens with zero attached hydrogens (tertiary/aromatic N) is 1. The van der Waals surface area contributed by atoms with E-state index in [1.165, 1.54) is 0 Å². The van der Waals surface area contributed by atoms with Gasteiger partial charge in [-0.1, -0.05) is 29.4 Å². The van der Waals surface area contributed by atoms with Gasteiger partial charge in [0, 0.05) is 5.39 Å². The SMILES string of the molecule is Cc1noc(C)c1COc1ccc(C(=O)O)c2ccccc12. The van der Waals surface area contributed by atoms with Crippen molar-refractivity contribution in [1.29, 1.82) is 0 Å². The van der Waals surface area contributed by atoms with Crippen molar-refractivity contribution in [2.75, 3.05) is 0 Å². The molecule has 0 atom stereocenters. The van der Waals surface area contributed by atoms with Crippen LogP contribution >= 0.6 is 0 Å². The van der Waals surface area contributed by atoms with Gasteiger partial charge in [-0.25, -0.2) is 4.79 Å². The molecule has 0 unspecified atom stereocenters. The second-order valence-corrected chi connectivity index (χ2v) is 5.05. The predicted molar refractivity (Wildman–Crippen MR) is 81.2 cm³/mol. The van der Waals surface area contributed by atoms with E-state index in [0.717, 1.165) is 22.4 Å². The first kappa shape index (κ1) is 14.1. The predicted octanol–water partition coefficient (Wildman–Crippen LogP) is 3.72. The summed E-state index contributed by atoms with van der Waals surface area (Å²) >= 11 is 0. The third kappa shape index (κ3) is 2.41. The number of aryl methyl sites for hydroxylation is 2. The monoisotopic (exact) mass is 297 g/mol. The molecule has 0 spiro atoms. The van der Waals surface area contributed by atoms with Gasteiger partial charge >= 0.3 is 5.97 Å². The van der Waals surface area contributed by atoms with E-state index in [2.05, 4.69) is 5.16 Å². The van der Waals surface area contributed by atoms with E-state index in [1.807, 2.05) is 32.0 Å². The number of carbonyl (C=O) groups is 1. The van der Waals surface area contributed by atoms with E-state index in [0.29, 0.717) is 17.7 Å². The highest BCUT2D eigenvalue weighted by Crippen LogP contribution is 2.29. The molecular formula is C17H15NO4. The molecule has 3 aromatic rings. The third-order valence-electron chi connectivity index (χ3n) is 3.67. The summed E-state index contributed by atoms with van der Waals surface area (Å²) in [5.74, 6) is 0.415. The fourth-order valence-electron chi connectivity index (χ4n) is 2.44. The average molecular weight is 297 g/mol. The lowest BCUT2D eigenvalue weighted by Crippen LogP contribution is -2.01. The van der Waals surface area contributed by atoms with Crippen LogP contribution in [0.15, 0.2) is 40.9 Å². The van der Waals surface area contributed by atoms with Crippen LogP contribution in [0.3, 0.4) is 0 Å². The Morgan fingerprint density at radius 2 is 1.91 bits per heavy atom. The van der Waals surface area contributed by atoms with Crippen molar-refractivity contribution in [1.82, 2.24) is 5.16 Å². The van der Waals surface area contributed by atoms with Gasteiger partial charge in [0.15, 0.2) is 0 Å². The molecule has 2 aromatic carbocycles. The van der Waals surface area contributed by atoms with Crippen molar-refractivity contribution in [2.24, 2.45) is 0 Å². The number of hydrogen-bond acceptors (Lipinski definition) is 4. The lowest BCUT2D eigenvalue weighted by Gasteiger charge is -2.11. The van der Waals surface area contributed by atoms with E-state index in [9.17, 15) is 9.90 Å². The number of aromatic carboxylic acids is 1. The Bertz CT molecular complexity index is 831. The quantitative estimate of drug-likeness (QED) is 0.794. The summed E-state index contributed by atoms with van der Waals surface area (Å²) in [6, 6.07) is 10.5. The molecule has 0 bridgehead atoms. The standard InChI is InChI=1S/C17H15NO4/c1-10-15(11(2)22-18-10)9-21-16-8-7-14(17(19)20)12-5-3-4-6-13(12)16/h3-8H,9H2,1-2H3,(H,19,20). The Morgan fingerprint density at radius 1 is 1.18 bits per heavy atom. The molecule has 0 aliphatic rings. The second-order valence-electron chi connectivity index (χ2n) is 5.05. The first-order valence-corrected chi connectivity index (χ1v) is 6.87. The summed E-state index contributed by atoms with van der Waals surface area (Å²) in [7, 11) is 0. The summed E-state index contributed by atoms with van der Waals surface area (Å²) in [5, 5.41) is 14.6. The molecular weight excluding hydrogens is 282 g/mol. The fourth-order valence-corrected chi connectivity index (χ4v) is 2.44. The van der Waals surface area contributed by atoms with E-state index < -0.39 is 5.97 Å². The Labute approximate surface area is 127 Å². The van der Waals surface area contributed by atoms with E-state index in [4.69, 9.17) is 9.26 Å². The van der Waals surface area contributed by atoms with Crippen molar-refractivity contribution in [2.45, 2.75) is 20.5 Å². The minimum Gasteiger partial charge on any atom is -0.488 e. The first-order valence-electron chi connectivity index (χ1n) is 6.87. The Hall–Kier alpha value is -2.82. The smallest absolute Gasteiger partial charge is 0.336 e. The van der Waals surface area contributed by atoms with Crippen molar-refractivity contribution in [3.05, 3.63) is 59.0 Å². The molecule has 0 amide bonds. The fraction of sp³-hybridized carbons (Fsp3) is 0.176. The van der Waals surface area contributed by atoms with Crippen molar-refractivity contribution in [3.8, 4) is 5.75 Å². The third-order valence-corrected chi connectivity index (χ3v) is 3.67. The van der Waals surface area contributed by atoms with Gasteiger partial charge in [0.05, 0.1) is 16.8 Å². The number of rotatable bonds is 4. The van der Waals surface area contributed by atoms with Crippen LogP contribution in [-0.4, -0.2) is 16.2 Å². The van der Waals surface area contributed by atoms with Crippen LogP contribution in [0.25, 0.3) is 10.8 Å². The van der Waals surface area contributed by atoms with Crippen LogP contribution in [0.4, 0.5) is 0 Å². The summed E-state index contributed by atoms with van der Waals surface area (Å²) in [4.78, 5) is 11.3.